The summed E-state index contributed by atoms with van der Waals surface area (Å²) < 4.78 is 5.88. The number of phenolic OH excluding ortho intramolecular Hbond substituents is 2. The molecule has 9 heteroatoms. The monoisotopic (exact) mass is 547 g/mol. The number of benzene rings is 2. The molecule has 2 aromatic rings. The Morgan fingerprint density at radius 3 is 2.38 bits per heavy atom. The van der Waals surface area contributed by atoms with Gasteiger partial charge < -0.3 is 30.9 Å². The average Bonchev–Trinajstić information content (AvgIpc) is 3.22. The van der Waals surface area contributed by atoms with Crippen LogP contribution in [0.25, 0.3) is 10.8 Å². The maximum atomic E-state index is 14.2. The molecule has 1 spiro atoms. The van der Waals surface area contributed by atoms with Gasteiger partial charge in [-0.25, -0.2) is 0 Å². The topological polar surface area (TPSA) is 167 Å². The van der Waals surface area contributed by atoms with Crippen molar-refractivity contribution >= 4 is 28.2 Å². The number of aryl methyl sites for hydroxylation is 1. The molecule has 0 unspecified atom stereocenters. The number of ether oxygens (including phenoxy) is 1. The molecule has 210 valence electrons. The van der Waals surface area contributed by atoms with Crippen molar-refractivity contribution in [2.24, 2.45) is 17.1 Å². The van der Waals surface area contributed by atoms with Crippen molar-refractivity contribution in [3.8, 4) is 11.5 Å². The molecule has 0 saturated carbocycles. The molecule has 4 aliphatic rings. The van der Waals surface area contributed by atoms with Crippen LogP contribution in [0.2, 0.25) is 0 Å². The lowest BCUT2D eigenvalue weighted by Gasteiger charge is -2.50. The number of aliphatic hydroxyl groups excluding tert-OH is 1. The summed E-state index contributed by atoms with van der Waals surface area (Å²) in [4.78, 5) is 39.7. The van der Waals surface area contributed by atoms with Crippen LogP contribution in [0.1, 0.15) is 78.7 Å². The highest BCUT2D eigenvalue weighted by molar-refractivity contribution is 6.33. The quantitative estimate of drug-likeness (QED) is 0.216. The van der Waals surface area contributed by atoms with E-state index in [1.54, 1.807) is 6.07 Å². The van der Waals surface area contributed by atoms with Gasteiger partial charge in [0.1, 0.15) is 22.8 Å². The van der Waals surface area contributed by atoms with Crippen LogP contribution < -0.4 is 5.73 Å². The highest BCUT2D eigenvalue weighted by atomic mass is 16.5. The highest BCUT2D eigenvalue weighted by Crippen LogP contribution is 2.65. The maximum Gasteiger partial charge on any atom is 0.255 e. The van der Waals surface area contributed by atoms with E-state index >= 15 is 0 Å². The highest BCUT2D eigenvalue weighted by Gasteiger charge is 2.64. The molecule has 0 aromatic heterocycles. The van der Waals surface area contributed by atoms with E-state index in [4.69, 9.17) is 10.5 Å². The first kappa shape index (κ1) is 26.5. The fraction of sp³-hybridized carbons (Fsp3) is 0.452. The van der Waals surface area contributed by atoms with Crippen molar-refractivity contribution in [1.82, 2.24) is 0 Å². The van der Waals surface area contributed by atoms with E-state index < -0.39 is 64.0 Å². The summed E-state index contributed by atoms with van der Waals surface area (Å²) in [6, 6.07) is 1.58. The summed E-state index contributed by atoms with van der Waals surface area (Å²) >= 11 is 0. The number of phenols is 2. The summed E-state index contributed by atoms with van der Waals surface area (Å²) in [5.74, 6) is -6.42. The number of hydrogen-bond donors (Lipinski definition) is 5. The largest absolute Gasteiger partial charge is 0.511 e. The number of aromatic hydroxyl groups is 2. The number of amides is 1. The minimum Gasteiger partial charge on any atom is -0.511 e. The number of ketones is 2. The minimum atomic E-state index is -2.82. The third-order valence-corrected chi connectivity index (χ3v) is 10.3. The molecule has 2 aromatic carbocycles. The number of primary amides is 1. The van der Waals surface area contributed by atoms with Crippen molar-refractivity contribution in [3.05, 3.63) is 56.9 Å². The Bertz CT molecular complexity index is 1660. The van der Waals surface area contributed by atoms with E-state index in [1.165, 1.54) is 7.11 Å². The molecule has 1 amide bonds. The lowest BCUT2D eigenvalue weighted by atomic mass is 9.53. The van der Waals surface area contributed by atoms with E-state index in [-0.39, 0.29) is 22.1 Å². The van der Waals surface area contributed by atoms with Gasteiger partial charge in [-0.2, -0.15) is 0 Å². The molecule has 40 heavy (non-hydrogen) atoms. The molecule has 0 bridgehead atoms. The Kier molecular flexibility index (Phi) is 5.27. The van der Waals surface area contributed by atoms with Gasteiger partial charge in [-0.05, 0) is 72.2 Å². The van der Waals surface area contributed by atoms with E-state index in [2.05, 4.69) is 26.8 Å². The van der Waals surface area contributed by atoms with Gasteiger partial charge in [0, 0.05) is 24.9 Å². The molecule has 6 N–H and O–H groups in total. The summed E-state index contributed by atoms with van der Waals surface area (Å²) in [5, 5.41) is 46.0. The number of aliphatic hydroxyl groups is 2. The van der Waals surface area contributed by atoms with E-state index in [0.717, 1.165) is 29.5 Å². The molecular formula is C31H33NO8. The average molecular weight is 548 g/mol. The zero-order chi connectivity index (χ0) is 29.3. The number of Topliss-reactive ketones (excluding diaryl/α,β-unsaturated/α-hetero) is 2. The van der Waals surface area contributed by atoms with Crippen LogP contribution in [0.15, 0.2) is 29.0 Å². The molecule has 0 fully saturated rings. The van der Waals surface area contributed by atoms with E-state index in [0.29, 0.717) is 22.9 Å². The standard InChI is InChI=1S/C31H33NO8/c1-12-9-16(33)20-18-14(11-30(23(12)18)13(2)7-6-8-29(30,3)4)19-22(24(20)35)27(37)31(39)15(25(19)40-5)10-17(34)21(26(31)36)28(32)38/h7,9,15,25,33-35,39H,6,8,10-11H2,1-5H3,(H2,32,38)/t15-,25-,30+,31-/m1/s1. The number of hydrogen-bond acceptors (Lipinski definition) is 8. The van der Waals surface area contributed by atoms with Crippen LogP contribution in [0.5, 0.6) is 11.5 Å². The lowest BCUT2D eigenvalue weighted by molar-refractivity contribution is -0.145. The van der Waals surface area contributed by atoms with Crippen molar-refractivity contribution in [2.45, 2.75) is 70.5 Å². The molecule has 0 heterocycles. The van der Waals surface area contributed by atoms with Crippen LogP contribution >= 0.6 is 0 Å². The Morgan fingerprint density at radius 1 is 1.10 bits per heavy atom. The second-order valence-electron chi connectivity index (χ2n) is 12.4. The van der Waals surface area contributed by atoms with Gasteiger partial charge in [-0.1, -0.05) is 25.5 Å². The van der Waals surface area contributed by atoms with Gasteiger partial charge in [0.15, 0.2) is 5.60 Å². The second-order valence-corrected chi connectivity index (χ2v) is 12.4. The Balaban J connectivity index is 1.75. The predicted molar refractivity (Wildman–Crippen MR) is 145 cm³/mol. The fourth-order valence-corrected chi connectivity index (χ4v) is 8.47. The second kappa shape index (κ2) is 7.95. The van der Waals surface area contributed by atoms with Crippen molar-refractivity contribution in [2.75, 3.05) is 7.11 Å². The molecule has 6 rings (SSSR count). The minimum absolute atomic E-state index is 0.0717. The zero-order valence-corrected chi connectivity index (χ0v) is 23.1. The normalized spacial score (nSPS) is 30.5. The Labute approximate surface area is 230 Å². The SMILES string of the molecule is CO[C@H]1c2c(c(O)c3c(O)cc(C)c4c3c2C[C@]42C(C)=CCCC2(C)C)C(=O)[C@]2(O)C(=O)C(C(N)=O)=C(O)C[C@H]12. The van der Waals surface area contributed by atoms with Crippen LogP contribution in [-0.4, -0.2) is 50.6 Å². The van der Waals surface area contributed by atoms with Gasteiger partial charge in [0.25, 0.3) is 5.91 Å². The van der Waals surface area contributed by atoms with Crippen LogP contribution in [0.3, 0.4) is 0 Å². The summed E-state index contributed by atoms with van der Waals surface area (Å²) in [7, 11) is 1.36. The van der Waals surface area contributed by atoms with Crippen molar-refractivity contribution in [3.63, 3.8) is 0 Å². The van der Waals surface area contributed by atoms with Gasteiger partial charge in [0.05, 0.1) is 17.1 Å². The first-order chi connectivity index (χ1) is 18.7. The summed E-state index contributed by atoms with van der Waals surface area (Å²) in [5.41, 5.74) is 4.57. The van der Waals surface area contributed by atoms with Gasteiger partial charge >= 0.3 is 0 Å². The smallest absolute Gasteiger partial charge is 0.255 e. The van der Waals surface area contributed by atoms with E-state index in [9.17, 15) is 34.8 Å². The molecule has 4 atom stereocenters. The first-order valence-corrected chi connectivity index (χ1v) is 13.4. The predicted octanol–water partition coefficient (Wildman–Crippen LogP) is 3.62. The molecule has 0 saturated heterocycles. The van der Waals surface area contributed by atoms with Crippen LogP contribution in [0.4, 0.5) is 0 Å². The van der Waals surface area contributed by atoms with Gasteiger partial charge in [-0.3, -0.25) is 14.4 Å². The number of rotatable bonds is 2. The van der Waals surface area contributed by atoms with E-state index in [1.807, 2.05) is 6.92 Å². The fourth-order valence-electron chi connectivity index (χ4n) is 8.47. The molecule has 0 radical (unpaired) electrons. The summed E-state index contributed by atoms with van der Waals surface area (Å²) in [6.07, 6.45) is 2.95. The zero-order valence-electron chi connectivity index (χ0n) is 23.1. The number of fused-ring (bicyclic) bond motifs is 4. The number of nitrogens with two attached hydrogens (primary N) is 1. The first-order valence-electron chi connectivity index (χ1n) is 13.4. The van der Waals surface area contributed by atoms with Crippen molar-refractivity contribution < 1.29 is 39.5 Å². The third-order valence-electron chi connectivity index (χ3n) is 10.3. The summed E-state index contributed by atoms with van der Waals surface area (Å²) in [6.45, 7) is 8.41. The van der Waals surface area contributed by atoms with Gasteiger partial charge in [0.2, 0.25) is 11.6 Å². The molecular weight excluding hydrogens is 514 g/mol. The van der Waals surface area contributed by atoms with Crippen molar-refractivity contribution in [1.29, 1.82) is 0 Å². The lowest BCUT2D eigenvalue weighted by Crippen LogP contribution is -2.61. The molecule has 9 nitrogen and oxygen atoms in total. The molecule has 4 aliphatic carbocycles. The number of carbonyl (C=O) groups excluding carboxylic acids is 3. The van der Waals surface area contributed by atoms with Crippen LogP contribution in [-0.2, 0) is 26.2 Å². The third kappa shape index (κ3) is 2.77. The number of allylic oxidation sites excluding steroid dienone is 3. The number of methoxy groups -OCH3 is 1. The Hall–Kier alpha value is -3.69. The number of carbonyl (C=O) groups is 3. The van der Waals surface area contributed by atoms with Gasteiger partial charge in [-0.15, -0.1) is 0 Å². The Morgan fingerprint density at radius 2 is 1.77 bits per heavy atom. The maximum absolute atomic E-state index is 14.2. The molecule has 0 aliphatic heterocycles. The van der Waals surface area contributed by atoms with Crippen LogP contribution in [0, 0.1) is 18.3 Å².